The van der Waals surface area contributed by atoms with Crippen LogP contribution in [0.15, 0.2) is 18.6 Å². The standard InChI is InChI=1S/C25H37N7O/c1-15(2)20-21(17-11-16(3)23-27-14-28-32(23)12-17)30-31-22(20)24(33)29-19-9-7-18(8-10-19)26-13-25(4,5)6/h11-12,14-15,18-19,26H,7-10,13H2,1-6H3,(H,29,33)(H,30,31)/t18-,19-. The minimum atomic E-state index is -0.0918. The molecule has 0 saturated heterocycles. The van der Waals surface area contributed by atoms with Crippen molar-refractivity contribution in [1.82, 2.24) is 35.4 Å². The molecule has 0 radical (unpaired) electrons. The Morgan fingerprint density at radius 3 is 2.58 bits per heavy atom. The third kappa shape index (κ3) is 5.27. The highest BCUT2D eigenvalue weighted by molar-refractivity contribution is 5.96. The van der Waals surface area contributed by atoms with E-state index >= 15 is 0 Å². The van der Waals surface area contributed by atoms with Crippen molar-refractivity contribution in [2.24, 2.45) is 5.41 Å². The predicted molar refractivity (Wildman–Crippen MR) is 130 cm³/mol. The van der Waals surface area contributed by atoms with Gasteiger partial charge in [-0.05, 0) is 55.6 Å². The van der Waals surface area contributed by atoms with Crippen molar-refractivity contribution < 1.29 is 4.79 Å². The number of fused-ring (bicyclic) bond motifs is 1. The molecule has 0 aliphatic heterocycles. The molecule has 1 amide bonds. The van der Waals surface area contributed by atoms with E-state index in [4.69, 9.17) is 0 Å². The molecule has 0 unspecified atom stereocenters. The van der Waals surface area contributed by atoms with Gasteiger partial charge in [-0.15, -0.1) is 0 Å². The van der Waals surface area contributed by atoms with Crippen LogP contribution in [-0.2, 0) is 0 Å². The van der Waals surface area contributed by atoms with E-state index in [0.29, 0.717) is 11.7 Å². The van der Waals surface area contributed by atoms with Crippen molar-refractivity contribution in [1.29, 1.82) is 0 Å². The number of carbonyl (C=O) groups is 1. The number of hydrogen-bond donors (Lipinski definition) is 3. The fourth-order valence-electron chi connectivity index (χ4n) is 4.68. The summed E-state index contributed by atoms with van der Waals surface area (Å²) in [5.74, 6) is 0.0504. The van der Waals surface area contributed by atoms with E-state index in [9.17, 15) is 4.79 Å². The molecule has 3 aromatic rings. The molecule has 1 saturated carbocycles. The van der Waals surface area contributed by atoms with Crippen molar-refractivity contribution in [3.8, 4) is 11.3 Å². The SMILES string of the molecule is Cc1cc(-c2[nH]nc(C(=O)N[C@H]3CC[C@H](NCC(C)(C)C)CC3)c2C(C)C)cn2ncnc12. The molecule has 8 heteroatoms. The van der Waals surface area contributed by atoms with E-state index < -0.39 is 0 Å². The topological polar surface area (TPSA) is 100 Å². The fourth-order valence-corrected chi connectivity index (χ4v) is 4.68. The highest BCUT2D eigenvalue weighted by Crippen LogP contribution is 2.31. The number of H-pyrrole nitrogens is 1. The van der Waals surface area contributed by atoms with Gasteiger partial charge in [0.1, 0.15) is 6.33 Å². The summed E-state index contributed by atoms with van der Waals surface area (Å²) in [6.45, 7) is 14.0. The Balaban J connectivity index is 1.47. The first-order chi connectivity index (χ1) is 15.6. The molecule has 1 aliphatic rings. The summed E-state index contributed by atoms with van der Waals surface area (Å²) in [4.78, 5) is 17.5. The van der Waals surface area contributed by atoms with Gasteiger partial charge in [0.2, 0.25) is 0 Å². The van der Waals surface area contributed by atoms with Gasteiger partial charge in [0.15, 0.2) is 11.3 Å². The van der Waals surface area contributed by atoms with Crippen molar-refractivity contribution >= 4 is 11.6 Å². The zero-order valence-electron chi connectivity index (χ0n) is 20.7. The lowest BCUT2D eigenvalue weighted by molar-refractivity contribution is 0.0917. The summed E-state index contributed by atoms with van der Waals surface area (Å²) in [5, 5.41) is 18.8. The number of aromatic nitrogens is 5. The van der Waals surface area contributed by atoms with Crippen LogP contribution >= 0.6 is 0 Å². The lowest BCUT2D eigenvalue weighted by Gasteiger charge is -2.31. The monoisotopic (exact) mass is 451 g/mol. The Kier molecular flexibility index (Phi) is 6.56. The van der Waals surface area contributed by atoms with Crippen LogP contribution in [0.2, 0.25) is 0 Å². The number of aromatic amines is 1. The van der Waals surface area contributed by atoms with Crippen LogP contribution in [0.1, 0.15) is 87.8 Å². The fraction of sp³-hybridized carbons (Fsp3) is 0.600. The predicted octanol–water partition coefficient (Wildman–Crippen LogP) is 4.23. The zero-order valence-corrected chi connectivity index (χ0v) is 20.7. The minimum Gasteiger partial charge on any atom is -0.348 e. The lowest BCUT2D eigenvalue weighted by Crippen LogP contribution is -2.44. The molecule has 0 bridgehead atoms. The number of pyridine rings is 1. The van der Waals surface area contributed by atoms with Gasteiger partial charge in [0, 0.05) is 36.0 Å². The third-order valence-corrected chi connectivity index (χ3v) is 6.43. The van der Waals surface area contributed by atoms with E-state index in [0.717, 1.165) is 60.3 Å². The molecule has 3 heterocycles. The molecule has 0 spiro atoms. The highest BCUT2D eigenvalue weighted by Gasteiger charge is 2.27. The number of amides is 1. The number of carbonyl (C=O) groups excluding carboxylic acids is 1. The highest BCUT2D eigenvalue weighted by atomic mass is 16.2. The van der Waals surface area contributed by atoms with E-state index in [2.05, 4.69) is 71.6 Å². The maximum Gasteiger partial charge on any atom is 0.272 e. The van der Waals surface area contributed by atoms with Crippen LogP contribution < -0.4 is 10.6 Å². The third-order valence-electron chi connectivity index (χ3n) is 6.43. The average Bonchev–Trinajstić information content (AvgIpc) is 3.40. The number of nitrogens with zero attached hydrogens (tertiary/aromatic N) is 4. The first kappa shape index (κ1) is 23.4. The lowest BCUT2D eigenvalue weighted by atomic mass is 9.89. The quantitative estimate of drug-likeness (QED) is 0.521. The molecule has 3 N–H and O–H groups in total. The zero-order chi connectivity index (χ0) is 23.8. The number of nitrogens with one attached hydrogen (secondary N) is 3. The van der Waals surface area contributed by atoms with Gasteiger partial charge in [0.05, 0.1) is 5.69 Å². The van der Waals surface area contributed by atoms with Gasteiger partial charge in [-0.1, -0.05) is 34.6 Å². The van der Waals surface area contributed by atoms with Crippen molar-refractivity contribution in [2.45, 2.75) is 85.2 Å². The summed E-state index contributed by atoms with van der Waals surface area (Å²) in [6, 6.07) is 2.80. The second-order valence-corrected chi connectivity index (χ2v) is 10.9. The van der Waals surface area contributed by atoms with Crippen molar-refractivity contribution in [3.63, 3.8) is 0 Å². The van der Waals surface area contributed by atoms with Gasteiger partial charge >= 0.3 is 0 Å². The first-order valence-electron chi connectivity index (χ1n) is 12.0. The Labute approximate surface area is 196 Å². The van der Waals surface area contributed by atoms with Crippen LogP contribution in [0.25, 0.3) is 16.9 Å². The number of hydrogen-bond acceptors (Lipinski definition) is 5. The summed E-state index contributed by atoms with van der Waals surface area (Å²) >= 11 is 0. The second-order valence-electron chi connectivity index (χ2n) is 10.9. The normalized spacial score (nSPS) is 19.4. The van der Waals surface area contributed by atoms with Crippen LogP contribution in [-0.4, -0.2) is 49.3 Å². The van der Waals surface area contributed by atoms with Crippen molar-refractivity contribution in [2.75, 3.05) is 6.54 Å². The molecule has 4 rings (SSSR count). The summed E-state index contributed by atoms with van der Waals surface area (Å²) in [5.41, 5.74) is 5.38. The Morgan fingerprint density at radius 2 is 1.91 bits per heavy atom. The summed E-state index contributed by atoms with van der Waals surface area (Å²) in [7, 11) is 0. The van der Waals surface area contributed by atoms with E-state index in [-0.39, 0.29) is 23.3 Å². The number of aryl methyl sites for hydroxylation is 1. The minimum absolute atomic E-state index is 0.0918. The molecular formula is C25H37N7O. The van der Waals surface area contributed by atoms with Gasteiger partial charge in [-0.25, -0.2) is 9.50 Å². The maximum atomic E-state index is 13.2. The van der Waals surface area contributed by atoms with E-state index in [1.54, 1.807) is 10.8 Å². The van der Waals surface area contributed by atoms with E-state index in [1.165, 1.54) is 0 Å². The Hall–Kier alpha value is -2.74. The first-order valence-corrected chi connectivity index (χ1v) is 12.0. The van der Waals surface area contributed by atoms with E-state index in [1.807, 2.05) is 13.1 Å². The molecule has 1 aliphatic carbocycles. The molecule has 33 heavy (non-hydrogen) atoms. The molecule has 0 aromatic carbocycles. The molecule has 0 atom stereocenters. The molecule has 1 fully saturated rings. The maximum absolute atomic E-state index is 13.2. The largest absolute Gasteiger partial charge is 0.348 e. The number of rotatable bonds is 6. The van der Waals surface area contributed by atoms with Gasteiger partial charge in [-0.3, -0.25) is 9.89 Å². The molecule has 3 aromatic heterocycles. The Morgan fingerprint density at radius 1 is 1.21 bits per heavy atom. The molecule has 178 valence electrons. The van der Waals surface area contributed by atoms with Crippen molar-refractivity contribution in [3.05, 3.63) is 35.4 Å². The summed E-state index contributed by atoms with van der Waals surface area (Å²) in [6.07, 6.45) is 7.63. The van der Waals surface area contributed by atoms with Gasteiger partial charge < -0.3 is 10.6 Å². The van der Waals surface area contributed by atoms with Crippen LogP contribution in [0.3, 0.4) is 0 Å². The smallest absolute Gasteiger partial charge is 0.272 e. The molecule has 8 nitrogen and oxygen atoms in total. The second kappa shape index (κ2) is 9.25. The summed E-state index contributed by atoms with van der Waals surface area (Å²) < 4.78 is 1.77. The van der Waals surface area contributed by atoms with Crippen LogP contribution in [0, 0.1) is 12.3 Å². The Bertz CT molecular complexity index is 1110. The van der Waals surface area contributed by atoms with Gasteiger partial charge in [0.25, 0.3) is 5.91 Å². The molecular weight excluding hydrogens is 414 g/mol. The van der Waals surface area contributed by atoms with Crippen LogP contribution in [0.4, 0.5) is 0 Å². The van der Waals surface area contributed by atoms with Gasteiger partial charge in [-0.2, -0.15) is 10.2 Å². The van der Waals surface area contributed by atoms with Crippen LogP contribution in [0.5, 0.6) is 0 Å². The average molecular weight is 452 g/mol.